The molecule has 0 spiro atoms. The number of fused-ring (bicyclic) bond motifs is 1. The van der Waals surface area contributed by atoms with Gasteiger partial charge in [0.2, 0.25) is 4.96 Å². The van der Waals surface area contributed by atoms with Gasteiger partial charge in [0.1, 0.15) is 5.01 Å². The molecule has 2 aromatic carbocycles. The number of methoxy groups -OCH3 is 1. The first kappa shape index (κ1) is 20.3. The molecule has 162 valence electrons. The predicted molar refractivity (Wildman–Crippen MR) is 120 cm³/mol. The van der Waals surface area contributed by atoms with Crippen molar-refractivity contribution in [3.8, 4) is 21.8 Å². The van der Waals surface area contributed by atoms with Gasteiger partial charge in [-0.25, -0.2) is 14.3 Å². The third-order valence-corrected chi connectivity index (χ3v) is 6.34. The van der Waals surface area contributed by atoms with Crippen LogP contribution in [0, 0.1) is 0 Å². The number of rotatable bonds is 4. The Bertz CT molecular complexity index is 1270. The van der Waals surface area contributed by atoms with Crippen LogP contribution >= 0.6 is 11.3 Å². The Morgan fingerprint density at radius 2 is 1.62 bits per heavy atom. The number of esters is 1. The zero-order chi connectivity index (χ0) is 22.1. The van der Waals surface area contributed by atoms with Crippen LogP contribution in [0.25, 0.3) is 26.8 Å². The van der Waals surface area contributed by atoms with Crippen molar-refractivity contribution < 1.29 is 19.1 Å². The smallest absolute Gasteiger partial charge is 0.337 e. The first-order valence-corrected chi connectivity index (χ1v) is 11.0. The Labute approximate surface area is 188 Å². The van der Waals surface area contributed by atoms with Crippen molar-refractivity contribution in [3.63, 3.8) is 0 Å². The number of carbonyl (C=O) groups is 2. The van der Waals surface area contributed by atoms with Crippen LogP contribution in [0.4, 0.5) is 0 Å². The third kappa shape index (κ3) is 3.76. The van der Waals surface area contributed by atoms with Gasteiger partial charge >= 0.3 is 5.97 Å². The summed E-state index contributed by atoms with van der Waals surface area (Å²) in [4.78, 5) is 31.4. The number of nitrogens with zero attached hydrogens (tertiary/aromatic N) is 4. The van der Waals surface area contributed by atoms with Crippen LogP contribution < -0.4 is 0 Å². The Kier molecular flexibility index (Phi) is 5.42. The predicted octanol–water partition coefficient (Wildman–Crippen LogP) is 3.38. The minimum absolute atomic E-state index is 0.0199. The summed E-state index contributed by atoms with van der Waals surface area (Å²) >= 11 is 1.47. The molecule has 0 aliphatic carbocycles. The van der Waals surface area contributed by atoms with Crippen LogP contribution in [-0.4, -0.2) is 64.8 Å². The Morgan fingerprint density at radius 3 is 2.31 bits per heavy atom. The maximum Gasteiger partial charge on any atom is 0.337 e. The number of imidazole rings is 1. The molecule has 5 rings (SSSR count). The monoisotopic (exact) mass is 448 g/mol. The summed E-state index contributed by atoms with van der Waals surface area (Å²) in [5.74, 6) is -0.354. The SMILES string of the molecule is COC(=O)c1ccc(-c2cnc3sc(-c4ccc(C(=O)N5CCOCC5)cc4)nn23)cc1. The molecule has 1 aliphatic heterocycles. The molecule has 0 radical (unpaired) electrons. The quantitative estimate of drug-likeness (QED) is 0.445. The topological polar surface area (TPSA) is 86.0 Å². The maximum atomic E-state index is 12.6. The molecule has 0 saturated carbocycles. The van der Waals surface area contributed by atoms with Crippen molar-refractivity contribution in [1.29, 1.82) is 0 Å². The summed E-state index contributed by atoms with van der Waals surface area (Å²) in [6, 6.07) is 14.6. The standard InChI is InChI=1S/C23H20N4O4S/c1-30-22(29)18-8-2-15(3-9-18)19-14-24-23-27(19)25-20(32-23)16-4-6-17(7-5-16)21(28)26-10-12-31-13-11-26/h2-9,14H,10-13H2,1H3. The second kappa shape index (κ2) is 8.52. The van der Waals surface area contributed by atoms with E-state index in [4.69, 9.17) is 14.6 Å². The van der Waals surface area contributed by atoms with Crippen LogP contribution in [0.2, 0.25) is 0 Å². The van der Waals surface area contributed by atoms with Crippen molar-refractivity contribution in [2.45, 2.75) is 0 Å². The van der Waals surface area contributed by atoms with Crippen molar-refractivity contribution >= 4 is 28.2 Å². The Hall–Kier alpha value is -3.56. The van der Waals surface area contributed by atoms with Gasteiger partial charge in [-0.1, -0.05) is 35.6 Å². The number of aromatic nitrogens is 3. The molecule has 3 heterocycles. The number of ether oxygens (including phenoxy) is 2. The van der Waals surface area contributed by atoms with Gasteiger partial charge in [0, 0.05) is 29.8 Å². The van der Waals surface area contributed by atoms with E-state index in [2.05, 4.69) is 4.98 Å². The summed E-state index contributed by atoms with van der Waals surface area (Å²) in [5, 5.41) is 5.54. The van der Waals surface area contributed by atoms with Crippen molar-refractivity contribution in [1.82, 2.24) is 19.5 Å². The number of hydrogen-bond acceptors (Lipinski definition) is 7. The first-order valence-electron chi connectivity index (χ1n) is 10.1. The van der Waals surface area contributed by atoms with Gasteiger partial charge in [0.15, 0.2) is 0 Å². The summed E-state index contributed by atoms with van der Waals surface area (Å²) < 4.78 is 11.9. The summed E-state index contributed by atoms with van der Waals surface area (Å²) in [6.07, 6.45) is 1.76. The van der Waals surface area contributed by atoms with Gasteiger partial charge in [-0.3, -0.25) is 4.79 Å². The van der Waals surface area contributed by atoms with E-state index in [0.717, 1.165) is 26.8 Å². The highest BCUT2D eigenvalue weighted by atomic mass is 32.1. The molecule has 1 amide bonds. The fourth-order valence-electron chi connectivity index (χ4n) is 3.61. The minimum atomic E-state index is -0.374. The normalized spacial score (nSPS) is 14.0. The molecular weight excluding hydrogens is 428 g/mol. The number of hydrogen-bond donors (Lipinski definition) is 0. The molecule has 32 heavy (non-hydrogen) atoms. The lowest BCUT2D eigenvalue weighted by atomic mass is 10.1. The molecule has 0 unspecified atom stereocenters. The number of benzene rings is 2. The summed E-state index contributed by atoms with van der Waals surface area (Å²) in [6.45, 7) is 2.40. The molecule has 1 fully saturated rings. The summed E-state index contributed by atoms with van der Waals surface area (Å²) in [7, 11) is 1.36. The van der Waals surface area contributed by atoms with E-state index < -0.39 is 0 Å². The lowest BCUT2D eigenvalue weighted by molar-refractivity contribution is 0.0303. The van der Waals surface area contributed by atoms with Crippen LogP contribution in [0.3, 0.4) is 0 Å². The van der Waals surface area contributed by atoms with Crippen LogP contribution in [0.15, 0.2) is 54.7 Å². The Balaban J connectivity index is 1.39. The first-order chi connectivity index (χ1) is 15.6. The van der Waals surface area contributed by atoms with Crippen LogP contribution in [0.1, 0.15) is 20.7 Å². The highest BCUT2D eigenvalue weighted by molar-refractivity contribution is 7.19. The highest BCUT2D eigenvalue weighted by Gasteiger charge is 2.19. The summed E-state index contributed by atoms with van der Waals surface area (Å²) in [5.41, 5.74) is 3.79. The van der Waals surface area contributed by atoms with E-state index in [9.17, 15) is 9.59 Å². The van der Waals surface area contributed by atoms with Gasteiger partial charge in [-0.2, -0.15) is 5.10 Å². The third-order valence-electron chi connectivity index (χ3n) is 5.36. The minimum Gasteiger partial charge on any atom is -0.465 e. The second-order valence-electron chi connectivity index (χ2n) is 7.30. The number of amides is 1. The van der Waals surface area contributed by atoms with E-state index in [0.29, 0.717) is 37.4 Å². The molecule has 0 N–H and O–H groups in total. The molecule has 0 bridgehead atoms. The molecule has 8 nitrogen and oxygen atoms in total. The van der Waals surface area contributed by atoms with Crippen molar-refractivity contribution in [2.75, 3.05) is 33.4 Å². The largest absolute Gasteiger partial charge is 0.465 e. The number of morpholine rings is 1. The zero-order valence-electron chi connectivity index (χ0n) is 17.4. The molecule has 9 heteroatoms. The molecule has 1 saturated heterocycles. The van der Waals surface area contributed by atoms with Crippen molar-refractivity contribution in [2.24, 2.45) is 0 Å². The zero-order valence-corrected chi connectivity index (χ0v) is 18.2. The van der Waals surface area contributed by atoms with E-state index in [1.165, 1.54) is 18.4 Å². The fraction of sp³-hybridized carbons (Fsp3) is 0.217. The molecular formula is C23H20N4O4S. The van der Waals surface area contributed by atoms with E-state index in [-0.39, 0.29) is 11.9 Å². The number of carbonyl (C=O) groups excluding carboxylic acids is 2. The molecule has 4 aromatic rings. The maximum absolute atomic E-state index is 12.6. The van der Waals surface area contributed by atoms with E-state index in [1.807, 2.05) is 41.3 Å². The molecule has 1 aliphatic rings. The van der Waals surface area contributed by atoms with Gasteiger partial charge < -0.3 is 14.4 Å². The lowest BCUT2D eigenvalue weighted by Crippen LogP contribution is -2.40. The van der Waals surface area contributed by atoms with Crippen LogP contribution in [-0.2, 0) is 9.47 Å². The highest BCUT2D eigenvalue weighted by Crippen LogP contribution is 2.29. The molecule has 0 atom stereocenters. The Morgan fingerprint density at radius 1 is 0.969 bits per heavy atom. The van der Waals surface area contributed by atoms with Gasteiger partial charge in [0.25, 0.3) is 5.91 Å². The van der Waals surface area contributed by atoms with Crippen LogP contribution in [0.5, 0.6) is 0 Å². The van der Waals surface area contributed by atoms with Gasteiger partial charge in [-0.05, 0) is 24.3 Å². The van der Waals surface area contributed by atoms with Gasteiger partial charge in [-0.15, -0.1) is 0 Å². The van der Waals surface area contributed by atoms with Gasteiger partial charge in [0.05, 0.1) is 37.8 Å². The molecule has 2 aromatic heterocycles. The fourth-order valence-corrected chi connectivity index (χ4v) is 4.49. The van der Waals surface area contributed by atoms with E-state index in [1.54, 1.807) is 22.8 Å². The van der Waals surface area contributed by atoms with E-state index >= 15 is 0 Å². The average Bonchev–Trinajstić information content (AvgIpc) is 3.45. The average molecular weight is 449 g/mol. The second-order valence-corrected chi connectivity index (χ2v) is 8.25. The lowest BCUT2D eigenvalue weighted by Gasteiger charge is -2.26. The van der Waals surface area contributed by atoms with Crippen molar-refractivity contribution in [3.05, 3.63) is 65.9 Å².